The van der Waals surface area contributed by atoms with Crippen molar-refractivity contribution in [2.24, 2.45) is 0 Å². The fourth-order valence-electron chi connectivity index (χ4n) is 10.6. The minimum Gasteiger partial charge on any atom is -0.456 e. The molecule has 0 heterocycles. The molecular weight excluding hydrogens is 1020 g/mol. The van der Waals surface area contributed by atoms with Crippen LogP contribution in [0.1, 0.15) is 355 Å². The highest BCUT2D eigenvalue weighted by Gasteiger charge is 2.30. The van der Waals surface area contributed by atoms with Gasteiger partial charge in [0.25, 0.3) is 0 Å². The molecule has 0 aliphatic heterocycles. The Kier molecular flexibility index (Phi) is 60.0. The number of carbonyl (C=O) groups excluding carboxylic acids is 2. The lowest BCUT2D eigenvalue weighted by atomic mass is 10.0. The molecule has 10 heteroatoms. The van der Waals surface area contributed by atoms with Gasteiger partial charge in [-0.2, -0.15) is 0 Å². The van der Waals surface area contributed by atoms with Crippen LogP contribution in [0, 0.1) is 0 Å². The lowest BCUT2D eigenvalue weighted by molar-refractivity contribution is -0.870. The van der Waals surface area contributed by atoms with Crippen LogP contribution in [0.15, 0.2) is 36.5 Å². The number of phosphoric acid groups is 1. The third-order valence-corrected chi connectivity index (χ3v) is 17.1. The second kappa shape index (κ2) is 61.3. The van der Waals surface area contributed by atoms with Crippen molar-refractivity contribution in [3.05, 3.63) is 36.5 Å². The van der Waals surface area contributed by atoms with Crippen molar-refractivity contribution in [3.63, 3.8) is 0 Å². The van der Waals surface area contributed by atoms with E-state index < -0.39 is 20.0 Å². The number of rotatable bonds is 65. The largest absolute Gasteiger partial charge is 0.472 e. The van der Waals surface area contributed by atoms with Crippen molar-refractivity contribution in [1.29, 1.82) is 0 Å². The summed E-state index contributed by atoms with van der Waals surface area (Å²) in [7, 11) is 1.51. The van der Waals surface area contributed by atoms with E-state index in [0.717, 1.165) is 77.0 Å². The first kappa shape index (κ1) is 79.2. The third kappa shape index (κ3) is 62.6. The summed E-state index contributed by atoms with van der Waals surface area (Å²) < 4.78 is 30.8. The Morgan fingerprint density at radius 2 is 0.753 bits per heavy atom. The van der Waals surface area contributed by atoms with Crippen molar-refractivity contribution in [2.45, 2.75) is 367 Å². The number of unbranched alkanes of at least 4 members (excludes halogenated alkanes) is 45. The molecular formula is C71H138N2O7P+. The molecule has 0 aliphatic carbocycles. The van der Waals surface area contributed by atoms with Gasteiger partial charge in [0.1, 0.15) is 19.3 Å². The number of hydrogen-bond acceptors (Lipinski definition) is 6. The molecule has 3 unspecified atom stereocenters. The smallest absolute Gasteiger partial charge is 0.456 e. The van der Waals surface area contributed by atoms with Gasteiger partial charge in [0, 0.05) is 12.8 Å². The van der Waals surface area contributed by atoms with Crippen LogP contribution in [0.3, 0.4) is 0 Å². The van der Waals surface area contributed by atoms with E-state index >= 15 is 0 Å². The van der Waals surface area contributed by atoms with Gasteiger partial charge < -0.3 is 19.4 Å². The van der Waals surface area contributed by atoms with Crippen LogP contribution in [-0.2, 0) is 27.9 Å². The normalized spacial score (nSPS) is 13.7. The highest BCUT2D eigenvalue weighted by Crippen LogP contribution is 2.43. The van der Waals surface area contributed by atoms with E-state index in [9.17, 15) is 19.0 Å². The lowest BCUT2D eigenvalue weighted by Gasteiger charge is -2.27. The molecule has 2 N–H and O–H groups in total. The molecule has 0 rings (SSSR count). The van der Waals surface area contributed by atoms with Crippen LogP contribution in [0.4, 0.5) is 0 Å². The van der Waals surface area contributed by atoms with Crippen LogP contribution in [-0.4, -0.2) is 74.3 Å². The maximum Gasteiger partial charge on any atom is 0.472 e. The highest BCUT2D eigenvalue weighted by molar-refractivity contribution is 7.47. The average molecular weight is 1160 g/mol. The Morgan fingerprint density at radius 1 is 0.432 bits per heavy atom. The number of phosphoric ester groups is 1. The van der Waals surface area contributed by atoms with E-state index in [1.807, 2.05) is 33.3 Å². The summed E-state index contributed by atoms with van der Waals surface area (Å²) in [5, 5.41) is 3.07. The average Bonchev–Trinajstić information content (AvgIpc) is 3.44. The third-order valence-electron chi connectivity index (χ3n) is 16.1. The van der Waals surface area contributed by atoms with E-state index in [1.165, 1.54) is 244 Å². The first-order valence-corrected chi connectivity index (χ1v) is 36.8. The fourth-order valence-corrected chi connectivity index (χ4v) is 11.4. The molecule has 0 fully saturated rings. The molecule has 0 saturated heterocycles. The Labute approximate surface area is 504 Å². The summed E-state index contributed by atoms with van der Waals surface area (Å²) in [6.07, 6.45) is 75.8. The summed E-state index contributed by atoms with van der Waals surface area (Å²) in [4.78, 5) is 37.9. The Morgan fingerprint density at radius 3 is 1.14 bits per heavy atom. The van der Waals surface area contributed by atoms with Crippen LogP contribution < -0.4 is 5.32 Å². The molecule has 0 spiro atoms. The van der Waals surface area contributed by atoms with E-state index in [4.69, 9.17) is 13.8 Å². The Bertz CT molecular complexity index is 1480. The summed E-state index contributed by atoms with van der Waals surface area (Å²) in [6.45, 7) is 7.04. The van der Waals surface area contributed by atoms with Gasteiger partial charge >= 0.3 is 13.8 Å². The van der Waals surface area contributed by atoms with Crippen molar-refractivity contribution in [2.75, 3.05) is 40.9 Å². The number of quaternary nitrogens is 1. The van der Waals surface area contributed by atoms with Crippen molar-refractivity contribution in [3.8, 4) is 0 Å². The zero-order valence-electron chi connectivity index (χ0n) is 54.8. The molecule has 0 saturated carbocycles. The minimum atomic E-state index is -4.45. The van der Waals surface area contributed by atoms with Gasteiger partial charge in [-0.1, -0.05) is 314 Å². The second-order valence-electron chi connectivity index (χ2n) is 25.4. The van der Waals surface area contributed by atoms with Gasteiger partial charge in [-0.3, -0.25) is 18.6 Å². The van der Waals surface area contributed by atoms with Crippen LogP contribution in [0.5, 0.6) is 0 Å². The van der Waals surface area contributed by atoms with Crippen LogP contribution in [0.25, 0.3) is 0 Å². The summed E-state index contributed by atoms with van der Waals surface area (Å²) in [6, 6.07) is -0.850. The van der Waals surface area contributed by atoms with E-state index in [1.54, 1.807) is 0 Å². The van der Waals surface area contributed by atoms with E-state index in [-0.39, 0.29) is 25.1 Å². The number of hydrogen-bond donors (Lipinski definition) is 2. The Hall–Kier alpha value is -1.77. The zero-order chi connectivity index (χ0) is 59.3. The molecule has 1 amide bonds. The molecule has 81 heavy (non-hydrogen) atoms. The number of allylic oxidation sites excluding steroid dienone is 5. The van der Waals surface area contributed by atoms with E-state index in [0.29, 0.717) is 23.9 Å². The molecule has 3 atom stereocenters. The summed E-state index contributed by atoms with van der Waals surface area (Å²) in [5.74, 6) is -0.495. The predicted octanol–water partition coefficient (Wildman–Crippen LogP) is 22.2. The lowest BCUT2D eigenvalue weighted by Crippen LogP contribution is -2.47. The first-order chi connectivity index (χ1) is 39.4. The fraction of sp³-hybridized carbons (Fsp3) is 0.887. The quantitative estimate of drug-likeness (QED) is 0.0205. The predicted molar refractivity (Wildman–Crippen MR) is 351 cm³/mol. The van der Waals surface area contributed by atoms with Gasteiger partial charge in [-0.05, 0) is 63.9 Å². The molecule has 9 nitrogen and oxygen atoms in total. The second-order valence-corrected chi connectivity index (χ2v) is 26.9. The Balaban J connectivity index is 5.06. The van der Waals surface area contributed by atoms with Crippen LogP contribution >= 0.6 is 7.82 Å². The van der Waals surface area contributed by atoms with Gasteiger partial charge in [0.05, 0.1) is 33.8 Å². The molecule has 478 valence electrons. The SMILES string of the molecule is CCCCC/C=C\C/C=C\CCCCCCCCCC(=O)NC(COP(=O)(O)OCC[N+](C)(C)C)C(/C=C\CCCCCCCCCCCCC)OC(=O)CCCCCCCCCCCCCCCCCCCCCCCCCCC. The maximum atomic E-state index is 13.6. The first-order valence-electron chi connectivity index (χ1n) is 35.3. The number of amides is 1. The molecule has 0 bridgehead atoms. The number of nitrogens with zero attached hydrogens (tertiary/aromatic N) is 1. The van der Waals surface area contributed by atoms with Gasteiger partial charge in [-0.25, -0.2) is 4.57 Å². The number of likely N-dealkylation sites (N-methyl/N-ethyl adjacent to an activating group) is 1. The van der Waals surface area contributed by atoms with Gasteiger partial charge in [-0.15, -0.1) is 0 Å². The zero-order valence-corrected chi connectivity index (χ0v) is 55.7. The molecule has 0 radical (unpaired) electrons. The minimum absolute atomic E-state index is 0.0410. The number of ether oxygens (including phenoxy) is 1. The van der Waals surface area contributed by atoms with E-state index in [2.05, 4.69) is 50.4 Å². The molecule has 0 aromatic carbocycles. The van der Waals surface area contributed by atoms with Crippen LogP contribution in [0.2, 0.25) is 0 Å². The van der Waals surface area contributed by atoms with Crippen molar-refractivity contribution >= 4 is 19.7 Å². The van der Waals surface area contributed by atoms with Gasteiger partial charge in [0.15, 0.2) is 0 Å². The van der Waals surface area contributed by atoms with Crippen molar-refractivity contribution < 1.29 is 37.3 Å². The topological polar surface area (TPSA) is 111 Å². The van der Waals surface area contributed by atoms with Gasteiger partial charge in [0.2, 0.25) is 5.91 Å². The number of carbonyl (C=O) groups is 2. The monoisotopic (exact) mass is 1160 g/mol. The molecule has 0 aromatic rings. The standard InChI is InChI=1S/C71H137N2O7P/c1-7-10-13-16-19-22-25-28-30-32-33-34-35-36-37-38-39-41-43-46-49-52-55-58-61-64-71(75)80-69(62-59-56-53-50-47-44-27-24-21-18-15-12-9-3)68(67-79-81(76,77)78-66-65-73(4,5)6)72-70(74)63-60-57-54-51-48-45-42-40-31-29-26-23-20-17-14-11-8-2/h20,23,29,31,59,62,68-69H,7-19,21-22,24-28,30,32-58,60-61,63-67H2,1-6H3,(H-,72,74,76,77)/p+1/b23-20-,31-29-,62-59-. The summed E-state index contributed by atoms with van der Waals surface area (Å²) in [5.41, 5.74) is 0. The number of esters is 1. The van der Waals surface area contributed by atoms with Crippen molar-refractivity contribution in [1.82, 2.24) is 5.32 Å². The number of nitrogens with one attached hydrogen (secondary N) is 1. The maximum absolute atomic E-state index is 13.6. The summed E-state index contributed by atoms with van der Waals surface area (Å²) >= 11 is 0. The molecule has 0 aliphatic rings. The highest BCUT2D eigenvalue weighted by atomic mass is 31.2. The molecule has 0 aromatic heterocycles.